The molecule has 1 aliphatic rings. The van der Waals surface area contributed by atoms with Crippen molar-refractivity contribution in [1.29, 1.82) is 0 Å². The Bertz CT molecular complexity index is 802. The second-order valence-corrected chi connectivity index (χ2v) is 6.60. The average Bonchev–Trinajstić information content (AvgIpc) is 3.17. The third kappa shape index (κ3) is 3.13. The van der Waals surface area contributed by atoms with Crippen LogP contribution in [0.25, 0.3) is 10.9 Å². The first-order valence-electron chi connectivity index (χ1n) is 8.30. The van der Waals surface area contributed by atoms with Gasteiger partial charge in [0.15, 0.2) is 0 Å². The molecular weight excluding hydrogens is 284 g/mol. The van der Waals surface area contributed by atoms with Gasteiger partial charge in [-0.05, 0) is 43.0 Å². The number of nitrogens with zero attached hydrogens (tertiary/aromatic N) is 4. The lowest BCUT2D eigenvalue weighted by Crippen LogP contribution is -2.20. The Morgan fingerprint density at radius 2 is 2.13 bits per heavy atom. The summed E-state index contributed by atoms with van der Waals surface area (Å²) in [4.78, 5) is 7.02. The number of fused-ring (bicyclic) bond motifs is 1. The number of likely N-dealkylation sites (tertiary alicyclic amines) is 1. The summed E-state index contributed by atoms with van der Waals surface area (Å²) in [5.74, 6) is 0.734. The van der Waals surface area contributed by atoms with Crippen LogP contribution in [-0.2, 0) is 20.0 Å². The molecule has 3 heterocycles. The normalized spacial score (nSPS) is 18.7. The van der Waals surface area contributed by atoms with Gasteiger partial charge >= 0.3 is 0 Å². The van der Waals surface area contributed by atoms with E-state index in [1.54, 1.807) is 0 Å². The van der Waals surface area contributed by atoms with E-state index in [0.29, 0.717) is 0 Å². The summed E-state index contributed by atoms with van der Waals surface area (Å²) in [6.45, 7) is 3.37. The molecule has 4 nitrogen and oxygen atoms in total. The molecule has 0 amide bonds. The number of hydrogen-bond acceptors (Lipinski definition) is 3. The van der Waals surface area contributed by atoms with E-state index in [1.165, 1.54) is 36.0 Å². The molecular formula is C19H22N4. The van der Waals surface area contributed by atoms with E-state index < -0.39 is 0 Å². The van der Waals surface area contributed by atoms with E-state index in [-0.39, 0.29) is 0 Å². The van der Waals surface area contributed by atoms with Crippen molar-refractivity contribution in [3.8, 4) is 0 Å². The second-order valence-electron chi connectivity index (χ2n) is 6.60. The minimum absolute atomic E-state index is 0.734. The van der Waals surface area contributed by atoms with Crippen molar-refractivity contribution in [2.24, 2.45) is 13.0 Å². The number of aromatic nitrogens is 3. The van der Waals surface area contributed by atoms with Gasteiger partial charge in [-0.2, -0.15) is 5.10 Å². The molecule has 118 valence electrons. The summed E-state index contributed by atoms with van der Waals surface area (Å²) in [5, 5.41) is 5.57. The number of hydrogen-bond donors (Lipinski definition) is 0. The highest BCUT2D eigenvalue weighted by Crippen LogP contribution is 2.25. The molecule has 0 radical (unpaired) electrons. The molecule has 2 aromatic heterocycles. The highest BCUT2D eigenvalue weighted by Gasteiger charge is 2.23. The summed E-state index contributed by atoms with van der Waals surface area (Å²) < 4.78 is 1.88. The maximum absolute atomic E-state index is 4.47. The van der Waals surface area contributed by atoms with Crippen LogP contribution in [0.1, 0.15) is 17.5 Å². The van der Waals surface area contributed by atoms with E-state index in [0.717, 1.165) is 24.4 Å². The van der Waals surface area contributed by atoms with Crippen molar-refractivity contribution in [2.45, 2.75) is 19.4 Å². The summed E-state index contributed by atoms with van der Waals surface area (Å²) in [6, 6.07) is 10.6. The quantitative estimate of drug-likeness (QED) is 0.743. The van der Waals surface area contributed by atoms with Gasteiger partial charge in [-0.15, -0.1) is 0 Å². The van der Waals surface area contributed by atoms with Gasteiger partial charge in [0.05, 0.1) is 11.7 Å². The molecule has 1 atom stereocenters. The van der Waals surface area contributed by atoms with E-state index in [9.17, 15) is 0 Å². The van der Waals surface area contributed by atoms with Crippen LogP contribution < -0.4 is 0 Å². The fraction of sp³-hybridized carbons (Fsp3) is 0.368. The Morgan fingerprint density at radius 1 is 1.22 bits per heavy atom. The van der Waals surface area contributed by atoms with E-state index in [4.69, 9.17) is 0 Å². The third-order valence-corrected chi connectivity index (χ3v) is 4.78. The molecule has 4 heteroatoms. The smallest absolute Gasteiger partial charge is 0.0704 e. The van der Waals surface area contributed by atoms with Gasteiger partial charge in [0.25, 0.3) is 0 Å². The van der Waals surface area contributed by atoms with Gasteiger partial charge in [-0.25, -0.2) is 0 Å². The summed E-state index contributed by atoms with van der Waals surface area (Å²) in [6.07, 6.45) is 8.46. The van der Waals surface area contributed by atoms with Crippen LogP contribution in [0.2, 0.25) is 0 Å². The summed E-state index contributed by atoms with van der Waals surface area (Å²) in [5.41, 5.74) is 3.85. The molecule has 0 aliphatic carbocycles. The predicted molar refractivity (Wildman–Crippen MR) is 92.0 cm³/mol. The lowest BCUT2D eigenvalue weighted by molar-refractivity contribution is 0.316. The molecule has 0 unspecified atom stereocenters. The predicted octanol–water partition coefficient (Wildman–Crippen LogP) is 3.03. The molecule has 1 aromatic carbocycles. The second kappa shape index (κ2) is 6.13. The molecule has 0 saturated carbocycles. The van der Waals surface area contributed by atoms with Gasteiger partial charge < -0.3 is 0 Å². The SMILES string of the molecule is Cn1cc(CN2CC[C@@H](Cc3ccnc4ccccc34)C2)cn1. The van der Waals surface area contributed by atoms with Gasteiger partial charge in [0.2, 0.25) is 0 Å². The Balaban J connectivity index is 1.43. The molecule has 1 saturated heterocycles. The minimum atomic E-state index is 0.734. The highest BCUT2D eigenvalue weighted by molar-refractivity contribution is 5.81. The van der Waals surface area contributed by atoms with Crippen LogP contribution in [0.4, 0.5) is 0 Å². The fourth-order valence-electron chi connectivity index (χ4n) is 3.68. The Morgan fingerprint density at radius 3 is 3.00 bits per heavy atom. The van der Waals surface area contributed by atoms with Crippen LogP contribution in [0.5, 0.6) is 0 Å². The minimum Gasteiger partial charge on any atom is -0.299 e. The Hall–Kier alpha value is -2.20. The molecule has 0 spiro atoms. The van der Waals surface area contributed by atoms with E-state index >= 15 is 0 Å². The molecule has 1 fully saturated rings. The van der Waals surface area contributed by atoms with Crippen molar-refractivity contribution < 1.29 is 0 Å². The van der Waals surface area contributed by atoms with Crippen molar-refractivity contribution in [1.82, 2.24) is 19.7 Å². The third-order valence-electron chi connectivity index (χ3n) is 4.78. The molecule has 4 rings (SSSR count). The number of aryl methyl sites for hydroxylation is 1. The van der Waals surface area contributed by atoms with Crippen molar-refractivity contribution in [3.05, 3.63) is 60.0 Å². The van der Waals surface area contributed by atoms with Crippen LogP contribution in [0, 0.1) is 5.92 Å². The van der Waals surface area contributed by atoms with Crippen molar-refractivity contribution >= 4 is 10.9 Å². The van der Waals surface area contributed by atoms with Gasteiger partial charge in [0.1, 0.15) is 0 Å². The number of para-hydroxylation sites is 1. The van der Waals surface area contributed by atoms with Crippen LogP contribution >= 0.6 is 0 Å². The van der Waals surface area contributed by atoms with Crippen molar-refractivity contribution in [3.63, 3.8) is 0 Å². The first-order valence-corrected chi connectivity index (χ1v) is 8.30. The van der Waals surface area contributed by atoms with E-state index in [2.05, 4.69) is 51.5 Å². The zero-order valence-corrected chi connectivity index (χ0v) is 13.5. The zero-order chi connectivity index (χ0) is 15.6. The topological polar surface area (TPSA) is 34.0 Å². The highest BCUT2D eigenvalue weighted by atomic mass is 15.2. The van der Waals surface area contributed by atoms with Crippen LogP contribution in [0.3, 0.4) is 0 Å². The number of rotatable bonds is 4. The average molecular weight is 306 g/mol. The fourth-order valence-corrected chi connectivity index (χ4v) is 3.68. The van der Waals surface area contributed by atoms with Gasteiger partial charge in [0, 0.05) is 43.5 Å². The first kappa shape index (κ1) is 14.4. The largest absolute Gasteiger partial charge is 0.299 e. The molecule has 0 N–H and O–H groups in total. The van der Waals surface area contributed by atoms with Crippen molar-refractivity contribution in [2.75, 3.05) is 13.1 Å². The maximum atomic E-state index is 4.47. The summed E-state index contributed by atoms with van der Waals surface area (Å²) in [7, 11) is 1.98. The molecule has 3 aromatic rings. The lowest BCUT2D eigenvalue weighted by atomic mass is 9.96. The summed E-state index contributed by atoms with van der Waals surface area (Å²) >= 11 is 0. The number of pyridine rings is 1. The lowest BCUT2D eigenvalue weighted by Gasteiger charge is -2.15. The first-order chi connectivity index (χ1) is 11.3. The zero-order valence-electron chi connectivity index (χ0n) is 13.5. The monoisotopic (exact) mass is 306 g/mol. The number of benzene rings is 1. The molecule has 1 aliphatic heterocycles. The van der Waals surface area contributed by atoms with Gasteiger partial charge in [-0.3, -0.25) is 14.6 Å². The standard InChI is InChI=1S/C19H22N4/c1-22-12-16(11-21-22)14-23-9-7-15(13-23)10-17-6-8-20-19-5-3-2-4-18(17)19/h2-6,8,11-12,15H,7,9-10,13-14H2,1H3/t15-/m0/s1. The molecule has 23 heavy (non-hydrogen) atoms. The Labute approximate surface area is 136 Å². The van der Waals surface area contributed by atoms with Gasteiger partial charge in [-0.1, -0.05) is 18.2 Å². The maximum Gasteiger partial charge on any atom is 0.0704 e. The van der Waals surface area contributed by atoms with E-state index in [1.807, 2.05) is 24.1 Å². The Kier molecular flexibility index (Phi) is 3.83. The van der Waals surface area contributed by atoms with Crippen LogP contribution in [-0.4, -0.2) is 32.8 Å². The molecule has 0 bridgehead atoms. The van der Waals surface area contributed by atoms with Crippen LogP contribution in [0.15, 0.2) is 48.9 Å².